The molecule has 0 amide bonds. The van der Waals surface area contributed by atoms with Crippen LogP contribution in [-0.4, -0.2) is 45.6 Å². The van der Waals surface area contributed by atoms with E-state index < -0.39 is 24.6 Å². The Balaban J connectivity index is 1.61. The maximum Gasteiger partial charge on any atom is 0.305 e. The van der Waals surface area contributed by atoms with E-state index >= 15 is 0 Å². The van der Waals surface area contributed by atoms with Crippen LogP contribution in [0.5, 0.6) is 0 Å². The lowest BCUT2D eigenvalue weighted by molar-refractivity contribution is -0.139. The SMILES string of the molecule is COCc1c(C23CC(C2)C3)nc(C2CC2)c(/C=C/[C@@H](O)C[C@@H](O)CC(=O)O)c1-c1ccc(F)cc1. The number of aliphatic hydroxyl groups excluding tert-OH is 2. The Morgan fingerprint density at radius 3 is 2.46 bits per heavy atom. The normalized spacial score (nSPS) is 24.6. The van der Waals surface area contributed by atoms with Gasteiger partial charge in [0.25, 0.3) is 0 Å². The minimum Gasteiger partial charge on any atom is -0.481 e. The number of halogens is 1. The van der Waals surface area contributed by atoms with Gasteiger partial charge in [-0.1, -0.05) is 24.3 Å². The minimum atomic E-state index is -1.14. The number of methoxy groups -OCH3 is 1. The third kappa shape index (κ3) is 4.77. The van der Waals surface area contributed by atoms with Crippen LogP contribution in [0.15, 0.2) is 30.3 Å². The molecule has 4 fully saturated rings. The third-order valence-corrected chi connectivity index (χ3v) is 7.70. The Morgan fingerprint density at radius 2 is 1.91 bits per heavy atom. The van der Waals surface area contributed by atoms with Gasteiger partial charge in [-0.3, -0.25) is 9.78 Å². The van der Waals surface area contributed by atoms with Gasteiger partial charge in [-0.05, 0) is 61.3 Å². The number of ether oxygens (including phenoxy) is 1. The number of aromatic nitrogens is 1. The van der Waals surface area contributed by atoms with E-state index in [2.05, 4.69) is 0 Å². The van der Waals surface area contributed by atoms with Crippen LogP contribution < -0.4 is 0 Å². The van der Waals surface area contributed by atoms with Crippen molar-refractivity contribution in [2.45, 2.75) is 75.1 Å². The summed E-state index contributed by atoms with van der Waals surface area (Å²) in [7, 11) is 1.66. The number of hydrogen-bond donors (Lipinski definition) is 3. The number of aliphatic hydroxyl groups is 2. The molecular weight excluding hydrogens is 449 g/mol. The predicted molar refractivity (Wildman–Crippen MR) is 129 cm³/mol. The van der Waals surface area contributed by atoms with E-state index in [-0.39, 0.29) is 17.7 Å². The lowest BCUT2D eigenvalue weighted by Crippen LogP contribution is -2.56. The zero-order valence-corrected chi connectivity index (χ0v) is 19.9. The average Bonchev–Trinajstić information content (AvgIpc) is 3.56. The van der Waals surface area contributed by atoms with Crippen molar-refractivity contribution in [1.29, 1.82) is 0 Å². The molecule has 6 nitrogen and oxygen atoms in total. The number of benzene rings is 1. The highest BCUT2D eigenvalue weighted by Crippen LogP contribution is 2.66. The molecule has 3 N–H and O–H groups in total. The molecule has 1 aromatic carbocycles. The summed E-state index contributed by atoms with van der Waals surface area (Å²) in [5.41, 5.74) is 5.94. The van der Waals surface area contributed by atoms with Gasteiger partial charge >= 0.3 is 5.97 Å². The Bertz CT molecular complexity index is 1120. The monoisotopic (exact) mass is 481 g/mol. The number of aliphatic carboxylic acids is 1. The Morgan fingerprint density at radius 1 is 1.23 bits per heavy atom. The highest BCUT2D eigenvalue weighted by atomic mass is 19.1. The zero-order chi connectivity index (χ0) is 24.7. The van der Waals surface area contributed by atoms with Crippen molar-refractivity contribution >= 4 is 12.0 Å². The molecule has 4 aliphatic rings. The Kier molecular flexibility index (Phi) is 6.51. The smallest absolute Gasteiger partial charge is 0.305 e. The summed E-state index contributed by atoms with van der Waals surface area (Å²) in [5, 5.41) is 29.3. The molecule has 1 heterocycles. The average molecular weight is 482 g/mol. The van der Waals surface area contributed by atoms with Crippen LogP contribution in [-0.2, 0) is 21.6 Å². The quantitative estimate of drug-likeness (QED) is 0.435. The lowest BCUT2D eigenvalue weighted by Gasteiger charge is -2.62. The second-order valence-electron chi connectivity index (χ2n) is 10.5. The standard InChI is InChI=1S/C28H32FNO5/c1-35-15-23-25(17-4-6-19(29)7-5-17)22(9-8-20(31)10-21(32)11-24(33)34)26(18-2-3-18)30-27(23)28-12-16(13-28)14-28/h4-9,16,18,20-21,31-32H,2-3,10-15H2,1H3,(H,33,34)/b9-8+/t16?,20-,21-,28?/m1/s1. The van der Waals surface area contributed by atoms with E-state index in [1.54, 1.807) is 25.3 Å². The van der Waals surface area contributed by atoms with Crippen LogP contribution in [0.25, 0.3) is 17.2 Å². The van der Waals surface area contributed by atoms with Crippen LogP contribution in [0.1, 0.15) is 73.4 Å². The van der Waals surface area contributed by atoms with Crippen LogP contribution in [0.4, 0.5) is 4.39 Å². The van der Waals surface area contributed by atoms with Gasteiger partial charge in [-0.2, -0.15) is 0 Å². The number of pyridine rings is 1. The first-order valence-electron chi connectivity index (χ1n) is 12.4. The molecule has 0 unspecified atom stereocenters. The van der Waals surface area contributed by atoms with Crippen molar-refractivity contribution in [3.05, 3.63) is 58.7 Å². The Labute approximate surface area is 204 Å². The van der Waals surface area contributed by atoms with E-state index in [0.29, 0.717) is 12.5 Å². The van der Waals surface area contributed by atoms with E-state index in [1.807, 2.05) is 6.08 Å². The molecular formula is C28H32FNO5. The summed E-state index contributed by atoms with van der Waals surface area (Å²) >= 11 is 0. The molecule has 2 aromatic rings. The van der Waals surface area contributed by atoms with Crippen molar-refractivity contribution in [3.63, 3.8) is 0 Å². The molecule has 0 radical (unpaired) electrons. The molecule has 4 aliphatic carbocycles. The summed E-state index contributed by atoms with van der Waals surface area (Å²) in [6, 6.07) is 6.45. The maximum atomic E-state index is 13.8. The van der Waals surface area contributed by atoms with Crippen molar-refractivity contribution in [1.82, 2.24) is 4.98 Å². The van der Waals surface area contributed by atoms with Crippen LogP contribution in [0, 0.1) is 11.7 Å². The number of carboxylic acid groups (broad SMARTS) is 1. The van der Waals surface area contributed by atoms with Crippen molar-refractivity contribution in [2.24, 2.45) is 5.92 Å². The highest BCUT2D eigenvalue weighted by molar-refractivity contribution is 5.81. The molecule has 7 heteroatoms. The lowest BCUT2D eigenvalue weighted by atomic mass is 9.42. The summed E-state index contributed by atoms with van der Waals surface area (Å²) in [6.45, 7) is 0.382. The second kappa shape index (κ2) is 9.45. The van der Waals surface area contributed by atoms with Gasteiger partial charge in [0.05, 0.1) is 36.6 Å². The first-order chi connectivity index (χ1) is 16.8. The van der Waals surface area contributed by atoms with Gasteiger partial charge in [0.1, 0.15) is 5.82 Å². The summed E-state index contributed by atoms with van der Waals surface area (Å²) in [6.07, 6.45) is 6.34. The first kappa shape index (κ1) is 24.1. The molecule has 0 aliphatic heterocycles. The van der Waals surface area contributed by atoms with Gasteiger partial charge in [-0.25, -0.2) is 4.39 Å². The fourth-order valence-corrected chi connectivity index (χ4v) is 5.78. The van der Waals surface area contributed by atoms with Gasteiger partial charge in [-0.15, -0.1) is 0 Å². The maximum absolute atomic E-state index is 13.8. The molecule has 35 heavy (non-hydrogen) atoms. The van der Waals surface area contributed by atoms with Gasteiger partial charge in [0, 0.05) is 36.0 Å². The molecule has 0 saturated heterocycles. The fourth-order valence-electron chi connectivity index (χ4n) is 5.78. The largest absolute Gasteiger partial charge is 0.481 e. The zero-order valence-electron chi connectivity index (χ0n) is 19.9. The topological polar surface area (TPSA) is 99.9 Å². The van der Waals surface area contributed by atoms with Gasteiger partial charge < -0.3 is 20.1 Å². The van der Waals surface area contributed by atoms with Gasteiger partial charge in [0.15, 0.2) is 0 Å². The van der Waals surface area contributed by atoms with E-state index in [1.165, 1.54) is 12.1 Å². The molecule has 2 bridgehead atoms. The third-order valence-electron chi connectivity index (χ3n) is 7.70. The van der Waals surface area contributed by atoms with E-state index in [0.717, 1.165) is 71.7 Å². The summed E-state index contributed by atoms with van der Waals surface area (Å²) in [5.74, 6) is -0.289. The second-order valence-corrected chi connectivity index (χ2v) is 10.5. The minimum absolute atomic E-state index is 0.0750. The summed E-state index contributed by atoms with van der Waals surface area (Å²) in [4.78, 5) is 16.1. The first-order valence-corrected chi connectivity index (χ1v) is 12.4. The highest BCUT2D eigenvalue weighted by Gasteiger charge is 2.59. The molecule has 186 valence electrons. The molecule has 0 spiro atoms. The van der Waals surface area contributed by atoms with Crippen molar-refractivity contribution in [2.75, 3.05) is 7.11 Å². The van der Waals surface area contributed by atoms with Crippen LogP contribution >= 0.6 is 0 Å². The molecule has 4 saturated carbocycles. The van der Waals surface area contributed by atoms with Crippen molar-refractivity contribution < 1.29 is 29.2 Å². The predicted octanol–water partition coefficient (Wildman–Crippen LogP) is 4.56. The van der Waals surface area contributed by atoms with E-state index in [9.17, 15) is 19.4 Å². The van der Waals surface area contributed by atoms with E-state index in [4.69, 9.17) is 14.8 Å². The number of carbonyl (C=O) groups is 1. The van der Waals surface area contributed by atoms with Crippen LogP contribution in [0.3, 0.4) is 0 Å². The van der Waals surface area contributed by atoms with Crippen LogP contribution in [0.2, 0.25) is 0 Å². The molecule has 1 aromatic heterocycles. The number of hydrogen-bond acceptors (Lipinski definition) is 5. The number of rotatable bonds is 11. The molecule has 6 rings (SSSR count). The summed E-state index contributed by atoms with van der Waals surface area (Å²) < 4.78 is 19.5. The Hall–Kier alpha value is -2.61. The fraction of sp³-hybridized carbons (Fsp3) is 0.500. The number of carboxylic acids is 1. The number of nitrogens with zero attached hydrogens (tertiary/aromatic N) is 1. The van der Waals surface area contributed by atoms with Crippen molar-refractivity contribution in [3.8, 4) is 11.1 Å². The molecule has 2 atom stereocenters. The van der Waals surface area contributed by atoms with Gasteiger partial charge in [0.2, 0.25) is 0 Å².